The monoisotopic (exact) mass is 344 g/mol. The minimum Gasteiger partial charge on any atom is -0.342 e. The van der Waals surface area contributed by atoms with Gasteiger partial charge in [0, 0.05) is 18.0 Å². The van der Waals surface area contributed by atoms with E-state index in [-0.39, 0.29) is 16.4 Å². The lowest BCUT2D eigenvalue weighted by atomic mass is 10.2. The quantitative estimate of drug-likeness (QED) is 0.776. The third-order valence-corrected chi connectivity index (χ3v) is 4.71. The van der Waals surface area contributed by atoms with Gasteiger partial charge in [0.2, 0.25) is 0 Å². The highest BCUT2D eigenvalue weighted by atomic mass is 32.2. The Bertz CT molecular complexity index is 1010. The van der Waals surface area contributed by atoms with Crippen molar-refractivity contribution in [3.05, 3.63) is 60.0 Å². The molecule has 2 heterocycles. The van der Waals surface area contributed by atoms with Crippen LogP contribution in [0.25, 0.3) is 5.65 Å². The Hall–Kier alpha value is -2.74. The summed E-state index contributed by atoms with van der Waals surface area (Å²) in [5, 5.41) is 11.0. The Morgan fingerprint density at radius 2 is 1.96 bits per heavy atom. The summed E-state index contributed by atoms with van der Waals surface area (Å²) in [7, 11) is -3.37. The molecule has 1 aromatic carbocycles. The van der Waals surface area contributed by atoms with E-state index in [1.807, 2.05) is 24.4 Å². The van der Waals surface area contributed by atoms with Gasteiger partial charge in [-0.3, -0.25) is 9.20 Å². The van der Waals surface area contributed by atoms with E-state index in [1.165, 1.54) is 12.1 Å². The highest BCUT2D eigenvalue weighted by molar-refractivity contribution is 7.90. The zero-order valence-corrected chi connectivity index (χ0v) is 14.0. The van der Waals surface area contributed by atoms with Crippen molar-refractivity contribution in [3.63, 3.8) is 0 Å². The van der Waals surface area contributed by atoms with Gasteiger partial charge in [0.05, 0.1) is 10.9 Å². The summed E-state index contributed by atoms with van der Waals surface area (Å²) in [6.45, 7) is 1.79. The van der Waals surface area contributed by atoms with Crippen LogP contribution in [0.15, 0.2) is 53.6 Å². The molecule has 8 heteroatoms. The molecule has 0 fully saturated rings. The first kappa shape index (κ1) is 16.1. The van der Waals surface area contributed by atoms with E-state index in [9.17, 15) is 13.2 Å². The second-order valence-corrected chi connectivity index (χ2v) is 7.50. The van der Waals surface area contributed by atoms with Crippen LogP contribution in [-0.2, 0) is 9.84 Å². The van der Waals surface area contributed by atoms with E-state index in [2.05, 4.69) is 15.5 Å². The maximum Gasteiger partial charge on any atom is 0.251 e. The Morgan fingerprint density at radius 3 is 2.71 bits per heavy atom. The van der Waals surface area contributed by atoms with Crippen LogP contribution in [0.5, 0.6) is 0 Å². The number of hydrogen-bond donors (Lipinski definition) is 1. The van der Waals surface area contributed by atoms with E-state index in [4.69, 9.17) is 0 Å². The normalized spacial score (nSPS) is 12.9. The number of pyridine rings is 1. The molecular weight excluding hydrogens is 328 g/mol. The average molecular weight is 344 g/mol. The number of sulfone groups is 1. The molecule has 1 atom stereocenters. The molecule has 0 saturated heterocycles. The molecule has 0 spiro atoms. The molecule has 0 aliphatic heterocycles. The van der Waals surface area contributed by atoms with E-state index in [0.717, 1.165) is 6.26 Å². The SMILES string of the molecule is C[C@H](NC(=O)c1cccc(S(C)(=O)=O)c1)c1nnc2ccccn12. The van der Waals surface area contributed by atoms with Crippen LogP contribution in [-0.4, -0.2) is 35.2 Å². The Kier molecular flexibility index (Phi) is 4.06. The fourth-order valence-electron chi connectivity index (χ4n) is 2.37. The third-order valence-electron chi connectivity index (χ3n) is 3.60. The standard InChI is InChI=1S/C16H16N4O3S/c1-11(15-19-18-14-8-3-4-9-20(14)15)17-16(21)12-6-5-7-13(10-12)24(2,22)23/h3-11H,1-2H3,(H,17,21)/t11-/m0/s1. The molecule has 7 nitrogen and oxygen atoms in total. The van der Waals surface area contributed by atoms with E-state index in [0.29, 0.717) is 11.5 Å². The molecule has 3 rings (SSSR count). The largest absolute Gasteiger partial charge is 0.342 e. The van der Waals surface area contributed by atoms with Crippen molar-refractivity contribution in [2.24, 2.45) is 0 Å². The molecular formula is C16H16N4O3S. The minimum absolute atomic E-state index is 0.107. The molecule has 0 aliphatic carbocycles. The van der Waals surface area contributed by atoms with Gasteiger partial charge in [0.1, 0.15) is 0 Å². The number of aromatic nitrogens is 3. The second-order valence-electron chi connectivity index (χ2n) is 5.48. The third kappa shape index (κ3) is 3.13. The van der Waals surface area contributed by atoms with E-state index < -0.39 is 15.9 Å². The Balaban J connectivity index is 1.84. The molecule has 0 bridgehead atoms. The van der Waals surface area contributed by atoms with Gasteiger partial charge in [-0.25, -0.2) is 8.42 Å². The Morgan fingerprint density at radius 1 is 1.17 bits per heavy atom. The summed E-state index contributed by atoms with van der Waals surface area (Å²) in [5.41, 5.74) is 0.964. The van der Waals surface area contributed by atoms with Crippen LogP contribution in [0.4, 0.5) is 0 Å². The first-order valence-electron chi connectivity index (χ1n) is 7.27. The van der Waals surface area contributed by atoms with Crippen molar-refractivity contribution in [2.45, 2.75) is 17.9 Å². The second kappa shape index (κ2) is 6.04. The van der Waals surface area contributed by atoms with Crippen molar-refractivity contribution in [3.8, 4) is 0 Å². The molecule has 0 aliphatic rings. The van der Waals surface area contributed by atoms with Crippen molar-refractivity contribution >= 4 is 21.4 Å². The smallest absolute Gasteiger partial charge is 0.251 e. The van der Waals surface area contributed by atoms with Crippen LogP contribution in [0, 0.1) is 0 Å². The van der Waals surface area contributed by atoms with Gasteiger partial charge in [-0.1, -0.05) is 12.1 Å². The Labute approximate surface area is 139 Å². The summed E-state index contributed by atoms with van der Waals surface area (Å²) in [5.74, 6) is 0.221. The topological polar surface area (TPSA) is 93.4 Å². The van der Waals surface area contributed by atoms with Crippen LogP contribution in [0.2, 0.25) is 0 Å². The van der Waals surface area contributed by atoms with Gasteiger partial charge < -0.3 is 5.32 Å². The summed E-state index contributed by atoms with van der Waals surface area (Å²) < 4.78 is 25.0. The number of benzene rings is 1. The van der Waals surface area contributed by atoms with E-state index in [1.54, 1.807) is 23.5 Å². The molecule has 3 aromatic rings. The predicted octanol–water partition coefficient (Wildman–Crippen LogP) is 1.62. The number of nitrogens with zero attached hydrogens (tertiary/aromatic N) is 3. The van der Waals surface area contributed by atoms with Gasteiger partial charge in [0.15, 0.2) is 21.3 Å². The van der Waals surface area contributed by atoms with Gasteiger partial charge in [-0.05, 0) is 37.3 Å². The molecule has 24 heavy (non-hydrogen) atoms. The fourth-order valence-corrected chi connectivity index (χ4v) is 3.03. The van der Waals surface area contributed by atoms with Gasteiger partial charge in [-0.2, -0.15) is 0 Å². The van der Waals surface area contributed by atoms with Crippen molar-refractivity contribution in [1.82, 2.24) is 19.9 Å². The number of hydrogen-bond acceptors (Lipinski definition) is 5. The lowest BCUT2D eigenvalue weighted by Crippen LogP contribution is -2.28. The first-order chi connectivity index (χ1) is 11.4. The number of carbonyl (C=O) groups is 1. The predicted molar refractivity (Wildman–Crippen MR) is 88.4 cm³/mol. The maximum absolute atomic E-state index is 12.4. The van der Waals surface area contributed by atoms with Gasteiger partial charge in [-0.15, -0.1) is 10.2 Å². The lowest BCUT2D eigenvalue weighted by molar-refractivity contribution is 0.0938. The van der Waals surface area contributed by atoms with Crippen molar-refractivity contribution < 1.29 is 13.2 Å². The maximum atomic E-state index is 12.4. The number of nitrogens with one attached hydrogen (secondary N) is 1. The number of amides is 1. The lowest BCUT2D eigenvalue weighted by Gasteiger charge is -2.12. The summed E-state index contributed by atoms with van der Waals surface area (Å²) >= 11 is 0. The first-order valence-corrected chi connectivity index (χ1v) is 9.16. The average Bonchev–Trinajstić information content (AvgIpc) is 2.98. The molecule has 2 aromatic heterocycles. The van der Waals surface area contributed by atoms with Crippen LogP contribution in [0.1, 0.15) is 29.1 Å². The van der Waals surface area contributed by atoms with Gasteiger partial charge in [0.25, 0.3) is 5.91 Å². The summed E-state index contributed by atoms with van der Waals surface area (Å²) in [6.07, 6.45) is 2.92. The van der Waals surface area contributed by atoms with E-state index >= 15 is 0 Å². The number of rotatable bonds is 4. The summed E-state index contributed by atoms with van der Waals surface area (Å²) in [4.78, 5) is 12.5. The minimum atomic E-state index is -3.37. The molecule has 0 radical (unpaired) electrons. The van der Waals surface area contributed by atoms with Crippen LogP contribution >= 0.6 is 0 Å². The van der Waals surface area contributed by atoms with Crippen LogP contribution in [0.3, 0.4) is 0 Å². The fraction of sp³-hybridized carbons (Fsp3) is 0.188. The molecule has 1 N–H and O–H groups in total. The zero-order valence-electron chi connectivity index (χ0n) is 13.2. The van der Waals surface area contributed by atoms with Gasteiger partial charge >= 0.3 is 0 Å². The summed E-state index contributed by atoms with van der Waals surface area (Å²) in [6, 6.07) is 11.1. The van der Waals surface area contributed by atoms with Crippen LogP contribution < -0.4 is 5.32 Å². The van der Waals surface area contributed by atoms with Crippen molar-refractivity contribution in [1.29, 1.82) is 0 Å². The van der Waals surface area contributed by atoms with Crippen molar-refractivity contribution in [2.75, 3.05) is 6.26 Å². The highest BCUT2D eigenvalue weighted by Crippen LogP contribution is 2.15. The highest BCUT2D eigenvalue weighted by Gasteiger charge is 2.17. The molecule has 0 saturated carbocycles. The number of fused-ring (bicyclic) bond motifs is 1. The molecule has 0 unspecified atom stereocenters. The molecule has 1 amide bonds. The number of carbonyl (C=O) groups excluding carboxylic acids is 1. The molecule has 124 valence electrons. The zero-order chi connectivity index (χ0) is 17.3.